The Morgan fingerprint density at radius 1 is 1.03 bits per heavy atom. The molecule has 31 heavy (non-hydrogen) atoms. The van der Waals surface area contributed by atoms with E-state index >= 15 is 0 Å². The summed E-state index contributed by atoms with van der Waals surface area (Å²) in [5, 5.41) is 8.91. The van der Waals surface area contributed by atoms with E-state index in [1.165, 1.54) is 0 Å². The van der Waals surface area contributed by atoms with E-state index in [-0.39, 0.29) is 5.91 Å². The van der Waals surface area contributed by atoms with Crippen molar-refractivity contribution in [2.24, 2.45) is 0 Å². The van der Waals surface area contributed by atoms with Crippen LogP contribution in [0.2, 0.25) is 0 Å². The number of aryl methyl sites for hydroxylation is 2. The van der Waals surface area contributed by atoms with Crippen LogP contribution in [0.4, 0.5) is 11.5 Å². The Hall–Kier alpha value is -4.09. The first kappa shape index (κ1) is 21.6. The number of aromatic nitrogens is 1. The van der Waals surface area contributed by atoms with Gasteiger partial charge in [-0.25, -0.2) is 4.98 Å². The van der Waals surface area contributed by atoms with Gasteiger partial charge in [-0.3, -0.25) is 9.69 Å². The highest BCUT2D eigenvalue weighted by Crippen LogP contribution is 2.19. The Morgan fingerprint density at radius 3 is 2.42 bits per heavy atom. The number of benzene rings is 2. The maximum atomic E-state index is 13.0. The monoisotopic (exact) mass is 408 g/mol. The Bertz CT molecular complexity index is 1180. The molecule has 1 amide bonds. The molecule has 1 heterocycles. The van der Waals surface area contributed by atoms with E-state index in [0.29, 0.717) is 23.5 Å². The fraction of sp³-hybridized carbons (Fsp3) is 0.192. The molecule has 0 aliphatic heterocycles. The van der Waals surface area contributed by atoms with Crippen molar-refractivity contribution in [2.45, 2.75) is 13.8 Å². The van der Waals surface area contributed by atoms with E-state index < -0.39 is 0 Å². The Labute approximate surface area is 183 Å². The second kappa shape index (κ2) is 9.61. The molecule has 0 spiro atoms. The second-order valence-corrected chi connectivity index (χ2v) is 7.35. The number of pyridine rings is 1. The van der Waals surface area contributed by atoms with Gasteiger partial charge in [-0.1, -0.05) is 17.9 Å². The van der Waals surface area contributed by atoms with Crippen molar-refractivity contribution in [2.75, 3.05) is 30.4 Å². The van der Waals surface area contributed by atoms with Crippen LogP contribution < -0.4 is 9.80 Å². The molecule has 0 radical (unpaired) electrons. The van der Waals surface area contributed by atoms with Gasteiger partial charge in [0.1, 0.15) is 5.82 Å². The first-order valence-corrected chi connectivity index (χ1v) is 9.91. The van der Waals surface area contributed by atoms with E-state index in [4.69, 9.17) is 5.26 Å². The van der Waals surface area contributed by atoms with Gasteiger partial charge in [0.25, 0.3) is 5.91 Å². The van der Waals surface area contributed by atoms with Gasteiger partial charge in [0, 0.05) is 37.1 Å². The molecule has 3 rings (SSSR count). The van der Waals surface area contributed by atoms with Crippen LogP contribution in [-0.2, 0) is 0 Å². The largest absolute Gasteiger partial charge is 0.363 e. The lowest BCUT2D eigenvalue weighted by Gasteiger charge is -2.18. The summed E-state index contributed by atoms with van der Waals surface area (Å²) in [6.45, 7) is 4.44. The summed E-state index contributed by atoms with van der Waals surface area (Å²) >= 11 is 0. The fourth-order valence-electron chi connectivity index (χ4n) is 3.15. The van der Waals surface area contributed by atoms with Gasteiger partial charge >= 0.3 is 0 Å². The normalized spacial score (nSPS) is 9.90. The smallest absolute Gasteiger partial charge is 0.259 e. The molecular formula is C26H24N4O. The minimum absolute atomic E-state index is 0.0978. The Kier molecular flexibility index (Phi) is 6.70. The van der Waals surface area contributed by atoms with Crippen molar-refractivity contribution in [3.05, 3.63) is 88.6 Å². The van der Waals surface area contributed by atoms with Crippen LogP contribution in [0.1, 0.15) is 32.6 Å². The van der Waals surface area contributed by atoms with Crippen LogP contribution in [0.3, 0.4) is 0 Å². The topological polar surface area (TPSA) is 60.2 Å². The molecule has 0 bridgehead atoms. The van der Waals surface area contributed by atoms with Crippen molar-refractivity contribution in [1.82, 2.24) is 4.98 Å². The number of amides is 1. The highest BCUT2D eigenvalue weighted by atomic mass is 16.2. The molecule has 0 unspecified atom stereocenters. The lowest BCUT2D eigenvalue weighted by atomic mass is 9.99. The first-order valence-electron chi connectivity index (χ1n) is 9.91. The van der Waals surface area contributed by atoms with Crippen LogP contribution in [0.5, 0.6) is 0 Å². The van der Waals surface area contributed by atoms with Crippen LogP contribution in [-0.4, -0.2) is 31.5 Å². The highest BCUT2D eigenvalue weighted by Gasteiger charge is 2.17. The van der Waals surface area contributed by atoms with E-state index in [9.17, 15) is 4.79 Å². The van der Waals surface area contributed by atoms with Crippen LogP contribution >= 0.6 is 0 Å². The molecule has 0 N–H and O–H groups in total. The van der Waals surface area contributed by atoms with Crippen molar-refractivity contribution in [3.63, 3.8) is 0 Å². The summed E-state index contributed by atoms with van der Waals surface area (Å²) in [5.74, 6) is 6.93. The number of rotatable bonds is 4. The fourth-order valence-corrected chi connectivity index (χ4v) is 3.15. The quantitative estimate of drug-likeness (QED) is 0.603. The number of hydrogen-bond donors (Lipinski definition) is 0. The Morgan fingerprint density at radius 2 is 1.77 bits per heavy atom. The summed E-state index contributed by atoms with van der Waals surface area (Å²) < 4.78 is 0. The molecule has 0 aliphatic carbocycles. The zero-order valence-electron chi connectivity index (χ0n) is 18.2. The molecule has 0 atom stereocenters. The van der Waals surface area contributed by atoms with Crippen molar-refractivity contribution in [3.8, 4) is 17.9 Å². The maximum Gasteiger partial charge on any atom is 0.259 e. The number of hydrogen-bond acceptors (Lipinski definition) is 4. The SMILES string of the molecule is Cc1cc(C(=O)N(C)c2ccccn2)c(C)cc1C#CCN(C)c1ccc(C#N)cc1. The van der Waals surface area contributed by atoms with Crippen LogP contribution in [0, 0.1) is 37.0 Å². The van der Waals surface area contributed by atoms with Crippen molar-refractivity contribution >= 4 is 17.4 Å². The molecule has 0 saturated carbocycles. The first-order chi connectivity index (χ1) is 14.9. The minimum atomic E-state index is -0.0978. The highest BCUT2D eigenvalue weighted by molar-refractivity contribution is 6.06. The number of nitrogens with zero attached hydrogens (tertiary/aromatic N) is 4. The number of carbonyl (C=O) groups is 1. The lowest BCUT2D eigenvalue weighted by molar-refractivity contribution is 0.0991. The van der Waals surface area contributed by atoms with Crippen LogP contribution in [0.15, 0.2) is 60.8 Å². The minimum Gasteiger partial charge on any atom is -0.363 e. The average Bonchev–Trinajstić information content (AvgIpc) is 2.80. The lowest BCUT2D eigenvalue weighted by Crippen LogP contribution is -2.27. The predicted octanol–water partition coefficient (Wildman–Crippen LogP) is 4.33. The molecule has 1 aromatic heterocycles. The van der Waals surface area contributed by atoms with E-state index in [2.05, 4.69) is 22.9 Å². The number of anilines is 2. The third kappa shape index (κ3) is 5.10. The molecule has 0 fully saturated rings. The summed E-state index contributed by atoms with van der Waals surface area (Å²) in [6, 6.07) is 18.9. The summed E-state index contributed by atoms with van der Waals surface area (Å²) in [4.78, 5) is 20.8. The zero-order chi connectivity index (χ0) is 22.4. The number of nitriles is 1. The van der Waals surface area contributed by atoms with Crippen molar-refractivity contribution in [1.29, 1.82) is 5.26 Å². The van der Waals surface area contributed by atoms with Gasteiger partial charge in [-0.2, -0.15) is 5.26 Å². The molecule has 0 saturated heterocycles. The molecule has 5 heteroatoms. The molecule has 2 aromatic carbocycles. The number of carbonyl (C=O) groups excluding carboxylic acids is 1. The van der Waals surface area contributed by atoms with Gasteiger partial charge in [0.15, 0.2) is 0 Å². The van der Waals surface area contributed by atoms with Gasteiger partial charge in [0.05, 0.1) is 18.2 Å². The average molecular weight is 409 g/mol. The third-order valence-electron chi connectivity index (χ3n) is 5.08. The predicted molar refractivity (Wildman–Crippen MR) is 124 cm³/mol. The molecule has 0 aliphatic rings. The van der Waals surface area contributed by atoms with E-state index in [0.717, 1.165) is 22.4 Å². The molecular weight excluding hydrogens is 384 g/mol. The zero-order valence-corrected chi connectivity index (χ0v) is 18.2. The molecule has 3 aromatic rings. The van der Waals surface area contributed by atoms with E-state index in [1.54, 1.807) is 30.3 Å². The van der Waals surface area contributed by atoms with Gasteiger partial charge < -0.3 is 4.90 Å². The third-order valence-corrected chi connectivity index (χ3v) is 5.08. The van der Waals surface area contributed by atoms with E-state index in [1.807, 2.05) is 68.3 Å². The molecule has 154 valence electrons. The van der Waals surface area contributed by atoms with Gasteiger partial charge in [0.2, 0.25) is 0 Å². The summed E-state index contributed by atoms with van der Waals surface area (Å²) in [7, 11) is 3.69. The summed E-state index contributed by atoms with van der Waals surface area (Å²) in [5.41, 5.74) is 5.02. The van der Waals surface area contributed by atoms with Crippen molar-refractivity contribution < 1.29 is 4.79 Å². The standard InChI is InChI=1S/C26H24N4O/c1-19-17-24(26(31)30(4)25-9-5-6-14-28-25)20(2)16-22(19)8-7-15-29(3)23-12-10-21(18-27)11-13-23/h5-6,9-14,16-17H,15H2,1-4H3. The maximum absolute atomic E-state index is 13.0. The Balaban J connectivity index is 1.75. The van der Waals surface area contributed by atoms with Gasteiger partial charge in [-0.15, -0.1) is 0 Å². The molecule has 5 nitrogen and oxygen atoms in total. The second-order valence-electron chi connectivity index (χ2n) is 7.35. The van der Waals surface area contributed by atoms with Crippen LogP contribution in [0.25, 0.3) is 0 Å². The summed E-state index contributed by atoms with van der Waals surface area (Å²) in [6.07, 6.45) is 1.67. The van der Waals surface area contributed by atoms with Gasteiger partial charge in [-0.05, 0) is 73.5 Å².